The number of rotatable bonds is 7. The number of nitrogens with zero attached hydrogens (tertiary/aromatic N) is 3. The van der Waals surface area contributed by atoms with Crippen molar-refractivity contribution in [1.82, 2.24) is 20.1 Å². The Morgan fingerprint density at radius 2 is 2.04 bits per heavy atom. The predicted octanol–water partition coefficient (Wildman–Crippen LogP) is 2.15. The highest BCUT2D eigenvalue weighted by Crippen LogP contribution is 2.20. The van der Waals surface area contributed by atoms with Crippen molar-refractivity contribution in [3.8, 4) is 0 Å². The summed E-state index contributed by atoms with van der Waals surface area (Å²) in [7, 11) is 1.81. The molecule has 2 aromatic rings. The normalized spacial score (nSPS) is 11.5. The summed E-state index contributed by atoms with van der Waals surface area (Å²) in [6.07, 6.45) is 1.49. The molecule has 0 fully saturated rings. The smallest absolute Gasteiger partial charge is 0.253 e. The molecule has 3 N–H and O–H groups in total. The van der Waals surface area contributed by atoms with Gasteiger partial charge >= 0.3 is 0 Å². The number of hydrogen-bond donors (Lipinski definition) is 2. The number of aromatic nitrogens is 3. The molecule has 0 atom stereocenters. The van der Waals surface area contributed by atoms with Crippen LogP contribution in [0.5, 0.6) is 0 Å². The number of H-pyrrole nitrogens is 1. The van der Waals surface area contributed by atoms with Crippen molar-refractivity contribution in [1.29, 1.82) is 0 Å². The van der Waals surface area contributed by atoms with Crippen LogP contribution in [0.1, 0.15) is 29.8 Å². The molecule has 6 nitrogen and oxygen atoms in total. The Kier molecular flexibility index (Phi) is 5.79. The minimum absolute atomic E-state index is 0.0148. The van der Waals surface area contributed by atoms with Crippen LogP contribution in [-0.2, 0) is 5.75 Å². The fraction of sp³-hybridized carbons (Fsp3) is 0.438. The lowest BCUT2D eigenvalue weighted by molar-refractivity contribution is 0.0740. The Balaban J connectivity index is 1.94. The van der Waals surface area contributed by atoms with E-state index in [1.165, 1.54) is 6.33 Å². The van der Waals surface area contributed by atoms with Crippen LogP contribution >= 0.6 is 11.8 Å². The molecule has 0 aliphatic rings. The van der Waals surface area contributed by atoms with Crippen molar-refractivity contribution in [3.63, 3.8) is 0 Å². The van der Waals surface area contributed by atoms with Crippen LogP contribution in [0.3, 0.4) is 0 Å². The minimum atomic E-state index is -0.0853. The molecular formula is C16H23N5OS. The third kappa shape index (κ3) is 5.07. The summed E-state index contributed by atoms with van der Waals surface area (Å²) in [4.78, 5) is 18.2. The SMILES string of the molecule is CN(CC(C)(C)CN)C(=O)c1ccc(CSc2ncn[nH]2)cc1. The Bertz CT molecular complexity index is 624. The summed E-state index contributed by atoms with van der Waals surface area (Å²) in [5.41, 5.74) is 7.47. The van der Waals surface area contributed by atoms with Gasteiger partial charge in [0, 0.05) is 24.9 Å². The van der Waals surface area contributed by atoms with Crippen molar-refractivity contribution in [2.75, 3.05) is 20.1 Å². The van der Waals surface area contributed by atoms with Crippen molar-refractivity contribution >= 4 is 17.7 Å². The Hall–Kier alpha value is -1.86. The lowest BCUT2D eigenvalue weighted by Gasteiger charge is -2.29. The molecule has 0 unspecified atom stereocenters. The fourth-order valence-corrected chi connectivity index (χ4v) is 2.89. The maximum atomic E-state index is 12.5. The number of nitrogens with two attached hydrogens (primary N) is 1. The average molecular weight is 333 g/mol. The lowest BCUT2D eigenvalue weighted by Crippen LogP contribution is -2.39. The van der Waals surface area contributed by atoms with E-state index in [4.69, 9.17) is 5.73 Å². The number of carbonyl (C=O) groups excluding carboxylic acids is 1. The second kappa shape index (κ2) is 7.61. The second-order valence-electron chi connectivity index (χ2n) is 6.31. The van der Waals surface area contributed by atoms with Gasteiger partial charge in [-0.1, -0.05) is 37.7 Å². The molecule has 23 heavy (non-hydrogen) atoms. The average Bonchev–Trinajstić information content (AvgIpc) is 3.06. The Morgan fingerprint density at radius 1 is 1.35 bits per heavy atom. The molecule has 0 saturated carbocycles. The Labute approximate surface area is 140 Å². The molecule has 0 saturated heterocycles. The van der Waals surface area contributed by atoms with Crippen LogP contribution in [0.4, 0.5) is 0 Å². The molecular weight excluding hydrogens is 310 g/mol. The molecule has 0 aliphatic carbocycles. The van der Waals surface area contributed by atoms with E-state index in [1.54, 1.807) is 16.7 Å². The van der Waals surface area contributed by atoms with Gasteiger partial charge < -0.3 is 10.6 Å². The van der Waals surface area contributed by atoms with Gasteiger partial charge in [-0.25, -0.2) is 4.98 Å². The standard InChI is InChI=1S/C16H23N5OS/c1-16(2,9-17)10-21(3)14(22)13-6-4-12(5-7-13)8-23-15-18-11-19-20-15/h4-7,11H,8-10,17H2,1-3H3,(H,18,19,20). The van der Waals surface area contributed by atoms with E-state index in [1.807, 2.05) is 31.3 Å². The van der Waals surface area contributed by atoms with Crippen LogP contribution in [0, 0.1) is 5.41 Å². The first-order chi connectivity index (χ1) is 10.9. The fourth-order valence-electron chi connectivity index (χ4n) is 2.16. The van der Waals surface area contributed by atoms with Gasteiger partial charge in [0.15, 0.2) is 5.16 Å². The molecule has 124 valence electrons. The zero-order valence-electron chi connectivity index (χ0n) is 13.7. The maximum absolute atomic E-state index is 12.5. The zero-order chi connectivity index (χ0) is 16.9. The van der Waals surface area contributed by atoms with E-state index in [2.05, 4.69) is 29.0 Å². The van der Waals surface area contributed by atoms with E-state index in [9.17, 15) is 4.79 Å². The summed E-state index contributed by atoms with van der Waals surface area (Å²) >= 11 is 1.57. The highest BCUT2D eigenvalue weighted by atomic mass is 32.2. The van der Waals surface area contributed by atoms with Gasteiger partial charge in [0.25, 0.3) is 5.91 Å². The van der Waals surface area contributed by atoms with Crippen molar-refractivity contribution in [3.05, 3.63) is 41.7 Å². The van der Waals surface area contributed by atoms with E-state index in [-0.39, 0.29) is 11.3 Å². The number of amides is 1. The van der Waals surface area contributed by atoms with Gasteiger partial charge in [0.05, 0.1) is 0 Å². The second-order valence-corrected chi connectivity index (χ2v) is 7.27. The van der Waals surface area contributed by atoms with Crippen molar-refractivity contribution in [2.24, 2.45) is 11.1 Å². The number of carbonyl (C=O) groups is 1. The molecule has 1 amide bonds. The van der Waals surface area contributed by atoms with Crippen LogP contribution in [0.25, 0.3) is 0 Å². The molecule has 2 rings (SSSR count). The molecule has 1 aromatic heterocycles. The molecule has 0 aliphatic heterocycles. The van der Waals surface area contributed by atoms with E-state index in [0.29, 0.717) is 18.7 Å². The van der Waals surface area contributed by atoms with Crippen LogP contribution < -0.4 is 5.73 Å². The van der Waals surface area contributed by atoms with E-state index >= 15 is 0 Å². The summed E-state index contributed by atoms with van der Waals surface area (Å²) < 4.78 is 0. The lowest BCUT2D eigenvalue weighted by atomic mass is 9.93. The highest BCUT2D eigenvalue weighted by Gasteiger charge is 2.21. The van der Waals surface area contributed by atoms with E-state index < -0.39 is 0 Å². The quantitative estimate of drug-likeness (QED) is 0.758. The van der Waals surface area contributed by atoms with Gasteiger partial charge in [-0.2, -0.15) is 5.10 Å². The van der Waals surface area contributed by atoms with Crippen LogP contribution in [0.15, 0.2) is 35.7 Å². The van der Waals surface area contributed by atoms with Gasteiger partial charge in [-0.15, -0.1) is 0 Å². The topological polar surface area (TPSA) is 87.9 Å². The van der Waals surface area contributed by atoms with Crippen LogP contribution in [-0.4, -0.2) is 46.1 Å². The first-order valence-electron chi connectivity index (χ1n) is 7.44. The summed E-state index contributed by atoms with van der Waals surface area (Å²) in [6.45, 7) is 5.29. The predicted molar refractivity (Wildman–Crippen MR) is 92.2 cm³/mol. The number of benzene rings is 1. The largest absolute Gasteiger partial charge is 0.341 e. The summed E-state index contributed by atoms with van der Waals surface area (Å²) in [6, 6.07) is 7.67. The number of hydrogen-bond acceptors (Lipinski definition) is 5. The zero-order valence-corrected chi connectivity index (χ0v) is 14.6. The van der Waals surface area contributed by atoms with Crippen LogP contribution in [0.2, 0.25) is 0 Å². The third-order valence-corrected chi connectivity index (χ3v) is 4.48. The number of thioether (sulfide) groups is 1. The molecule has 1 heterocycles. The molecule has 0 bridgehead atoms. The maximum Gasteiger partial charge on any atom is 0.253 e. The van der Waals surface area contributed by atoms with Crippen molar-refractivity contribution in [2.45, 2.75) is 24.8 Å². The van der Waals surface area contributed by atoms with Gasteiger partial charge in [0.2, 0.25) is 0 Å². The minimum Gasteiger partial charge on any atom is -0.341 e. The van der Waals surface area contributed by atoms with E-state index in [0.717, 1.165) is 16.5 Å². The molecule has 1 aromatic carbocycles. The van der Waals surface area contributed by atoms with Gasteiger partial charge in [-0.3, -0.25) is 9.89 Å². The summed E-state index contributed by atoms with van der Waals surface area (Å²) in [5, 5.41) is 7.41. The summed E-state index contributed by atoms with van der Waals surface area (Å²) in [5.74, 6) is 0.792. The molecule has 7 heteroatoms. The molecule has 0 spiro atoms. The third-order valence-electron chi connectivity index (χ3n) is 3.53. The molecule has 0 radical (unpaired) electrons. The number of nitrogens with one attached hydrogen (secondary N) is 1. The number of aromatic amines is 1. The first-order valence-corrected chi connectivity index (χ1v) is 8.42. The first kappa shape index (κ1) is 17.5. The van der Waals surface area contributed by atoms with Gasteiger partial charge in [0.1, 0.15) is 6.33 Å². The monoisotopic (exact) mass is 333 g/mol. The van der Waals surface area contributed by atoms with Gasteiger partial charge in [-0.05, 0) is 29.7 Å². The Morgan fingerprint density at radius 3 is 2.61 bits per heavy atom. The van der Waals surface area contributed by atoms with Crippen molar-refractivity contribution < 1.29 is 4.79 Å². The highest BCUT2D eigenvalue weighted by molar-refractivity contribution is 7.98.